The average molecular weight is 455 g/mol. The third-order valence-corrected chi connectivity index (χ3v) is 3.89. The van der Waals surface area contributed by atoms with E-state index >= 15 is 0 Å². The second-order valence-electron chi connectivity index (χ2n) is 4.55. The minimum absolute atomic E-state index is 0.0952. The van der Waals surface area contributed by atoms with Gasteiger partial charge in [-0.1, -0.05) is 5.92 Å². The molecule has 0 saturated carbocycles. The molecule has 0 amide bonds. The molecule has 0 aliphatic rings. The van der Waals surface area contributed by atoms with Gasteiger partial charge in [-0.25, -0.2) is 13.9 Å². The van der Waals surface area contributed by atoms with Crippen molar-refractivity contribution in [3.63, 3.8) is 0 Å². The number of alkyl halides is 1. The van der Waals surface area contributed by atoms with Crippen LogP contribution in [0.5, 0.6) is 6.01 Å². The molecule has 2 aromatic heterocycles. The van der Waals surface area contributed by atoms with Crippen LogP contribution in [0.25, 0.3) is 16.9 Å². The summed E-state index contributed by atoms with van der Waals surface area (Å²) < 4.78 is 19.6. The lowest BCUT2D eigenvalue weighted by atomic mass is 10.2. The Morgan fingerprint density at radius 2 is 2.21 bits per heavy atom. The van der Waals surface area contributed by atoms with Gasteiger partial charge in [-0.15, -0.1) is 0 Å². The van der Waals surface area contributed by atoms with Crippen molar-refractivity contribution in [1.82, 2.24) is 19.5 Å². The monoisotopic (exact) mass is 455 g/mol. The third kappa shape index (κ3) is 3.54. The van der Waals surface area contributed by atoms with Gasteiger partial charge in [0.15, 0.2) is 0 Å². The molecule has 2 heterocycles. The van der Waals surface area contributed by atoms with Crippen LogP contribution in [0.3, 0.4) is 0 Å². The van der Waals surface area contributed by atoms with E-state index in [1.165, 1.54) is 8.93 Å². The van der Waals surface area contributed by atoms with Crippen molar-refractivity contribution in [2.75, 3.05) is 19.0 Å². The number of hydrogen-bond acceptors (Lipinski definition) is 6. The first-order chi connectivity index (χ1) is 11.7. The smallest absolute Gasteiger partial charge is 0.303 e. The highest BCUT2D eigenvalue weighted by atomic mass is 127. The molecule has 0 atom stereocenters. The highest BCUT2D eigenvalue weighted by Crippen LogP contribution is 2.26. The van der Waals surface area contributed by atoms with Crippen molar-refractivity contribution in [2.45, 2.75) is 0 Å². The molecule has 0 bridgehead atoms. The molecule has 0 saturated heterocycles. The van der Waals surface area contributed by atoms with E-state index in [2.05, 4.69) is 47.3 Å². The van der Waals surface area contributed by atoms with Crippen LogP contribution in [0.15, 0.2) is 30.5 Å². The van der Waals surface area contributed by atoms with Gasteiger partial charge in [-0.2, -0.15) is 9.97 Å². The Morgan fingerprint density at radius 3 is 2.96 bits per heavy atom. The van der Waals surface area contributed by atoms with Gasteiger partial charge in [0, 0.05) is 39.0 Å². The Balaban J connectivity index is 2.20. The molecule has 3 aromatic rings. The van der Waals surface area contributed by atoms with Crippen LogP contribution in [-0.4, -0.2) is 32.8 Å². The molecule has 0 aliphatic heterocycles. The Hall–Kier alpha value is -2.06. The van der Waals surface area contributed by atoms with E-state index in [4.69, 9.17) is 10.5 Å². The second-order valence-corrected chi connectivity index (χ2v) is 6.23. The molecule has 0 fully saturated rings. The number of anilines is 1. The molecule has 2 N–H and O–H groups in total. The Kier molecular flexibility index (Phi) is 5.37. The van der Waals surface area contributed by atoms with Gasteiger partial charge >= 0.3 is 6.01 Å². The van der Waals surface area contributed by atoms with Crippen molar-refractivity contribution in [1.29, 1.82) is 0 Å². The molecule has 1 aromatic carbocycles. The number of rotatable bonds is 4. The standard InChI is InChI=1S/C15H11FIN5OS/c16-5-7-23-15-20-11-2-1-10(4-8-24-17)9-12(11)22(15)13-3-6-19-14(18)21-13/h1-3,6,9H,5,7H2,(H2,18,19,21). The molecule has 0 unspecified atom stereocenters. The maximum atomic E-state index is 12.5. The Bertz CT molecular complexity index is 936. The molecule has 0 aliphatic carbocycles. The fourth-order valence-electron chi connectivity index (χ4n) is 2.15. The van der Waals surface area contributed by atoms with E-state index in [1.807, 2.05) is 18.2 Å². The summed E-state index contributed by atoms with van der Waals surface area (Å²) in [6.07, 6.45) is 1.54. The average Bonchev–Trinajstić information content (AvgIpc) is 2.95. The fraction of sp³-hybridized carbons (Fsp3) is 0.133. The molecule has 9 heteroatoms. The quantitative estimate of drug-likeness (QED) is 0.481. The van der Waals surface area contributed by atoms with Gasteiger partial charge in [0.2, 0.25) is 5.95 Å². The molecule has 0 spiro atoms. The van der Waals surface area contributed by atoms with Crippen LogP contribution in [0.4, 0.5) is 10.3 Å². The molecule has 24 heavy (non-hydrogen) atoms. The van der Waals surface area contributed by atoms with Crippen molar-refractivity contribution in [3.05, 3.63) is 36.0 Å². The van der Waals surface area contributed by atoms with Crippen LogP contribution >= 0.6 is 30.1 Å². The number of nitrogens with two attached hydrogens (primary N) is 1. The van der Waals surface area contributed by atoms with E-state index in [0.717, 1.165) is 11.1 Å². The number of benzene rings is 1. The Morgan fingerprint density at radius 1 is 1.33 bits per heavy atom. The third-order valence-electron chi connectivity index (χ3n) is 3.05. The van der Waals surface area contributed by atoms with Gasteiger partial charge in [-0.05, 0) is 32.4 Å². The predicted molar refractivity (Wildman–Crippen MR) is 101 cm³/mol. The second kappa shape index (κ2) is 7.67. The number of nitrogens with zero attached hydrogens (tertiary/aromatic N) is 4. The first-order valence-corrected chi connectivity index (χ1v) is 10.2. The first kappa shape index (κ1) is 16.8. The number of imidazole rings is 1. The van der Waals surface area contributed by atoms with Crippen molar-refractivity contribution < 1.29 is 9.13 Å². The van der Waals surface area contributed by atoms with E-state index in [0.29, 0.717) is 11.3 Å². The largest absolute Gasteiger partial charge is 0.462 e. The fourth-order valence-corrected chi connectivity index (χ4v) is 2.63. The van der Waals surface area contributed by atoms with Crippen molar-refractivity contribution in [2.24, 2.45) is 0 Å². The topological polar surface area (TPSA) is 78.8 Å². The number of fused-ring (bicyclic) bond motifs is 1. The number of nitrogen functional groups attached to an aromatic ring is 1. The first-order valence-electron chi connectivity index (χ1n) is 6.81. The van der Waals surface area contributed by atoms with E-state index in [-0.39, 0.29) is 18.6 Å². The summed E-state index contributed by atoms with van der Waals surface area (Å²) in [5, 5.41) is 2.94. The van der Waals surface area contributed by atoms with Gasteiger partial charge in [-0.3, -0.25) is 0 Å². The molecular formula is C15H11FIN5OS. The summed E-state index contributed by atoms with van der Waals surface area (Å²) in [5.41, 5.74) is 7.93. The normalized spacial score (nSPS) is 10.4. The van der Waals surface area contributed by atoms with Crippen LogP contribution in [-0.2, 0) is 0 Å². The molecule has 0 radical (unpaired) electrons. The zero-order valence-corrected chi connectivity index (χ0v) is 15.2. The molecular weight excluding hydrogens is 444 g/mol. The number of ether oxygens (including phenoxy) is 1. The minimum atomic E-state index is -0.612. The molecule has 3 rings (SSSR count). The lowest BCUT2D eigenvalue weighted by Gasteiger charge is -2.08. The zero-order chi connectivity index (χ0) is 16.9. The minimum Gasteiger partial charge on any atom is -0.462 e. The number of aromatic nitrogens is 4. The van der Waals surface area contributed by atoms with Crippen molar-refractivity contribution in [3.8, 4) is 23.0 Å². The molecule has 122 valence electrons. The SMILES string of the molecule is Nc1nccc(-n2c(OCCF)nc3ccc(C#CSI)cc32)n1. The predicted octanol–water partition coefficient (Wildman–Crippen LogP) is 3.14. The summed E-state index contributed by atoms with van der Waals surface area (Å²) >= 11 is 2.11. The highest BCUT2D eigenvalue weighted by molar-refractivity contribution is 14.2. The summed E-state index contributed by atoms with van der Waals surface area (Å²) in [6, 6.07) is 7.50. The van der Waals surface area contributed by atoms with Gasteiger partial charge in [0.05, 0.1) is 11.0 Å². The van der Waals surface area contributed by atoms with E-state index in [1.54, 1.807) is 16.8 Å². The molecule has 6 nitrogen and oxygen atoms in total. The van der Waals surface area contributed by atoms with E-state index < -0.39 is 6.67 Å². The number of halogens is 2. The van der Waals surface area contributed by atoms with Gasteiger partial charge < -0.3 is 10.5 Å². The summed E-state index contributed by atoms with van der Waals surface area (Å²) in [6.45, 7) is -0.708. The van der Waals surface area contributed by atoms with Crippen molar-refractivity contribution >= 4 is 47.1 Å². The summed E-state index contributed by atoms with van der Waals surface area (Å²) in [7, 11) is 1.40. The highest BCUT2D eigenvalue weighted by Gasteiger charge is 2.15. The lowest BCUT2D eigenvalue weighted by Crippen LogP contribution is -2.07. The zero-order valence-electron chi connectivity index (χ0n) is 12.2. The maximum Gasteiger partial charge on any atom is 0.303 e. The number of hydrogen-bond donors (Lipinski definition) is 1. The van der Waals surface area contributed by atoms with Crippen LogP contribution < -0.4 is 10.5 Å². The van der Waals surface area contributed by atoms with Gasteiger partial charge in [0.25, 0.3) is 0 Å². The van der Waals surface area contributed by atoms with Crippen LogP contribution in [0, 0.1) is 11.2 Å². The maximum absolute atomic E-state index is 12.5. The lowest BCUT2D eigenvalue weighted by molar-refractivity contribution is 0.252. The Labute approximate surface area is 153 Å². The summed E-state index contributed by atoms with van der Waals surface area (Å²) in [4.78, 5) is 12.5. The van der Waals surface area contributed by atoms with Gasteiger partial charge in [0.1, 0.15) is 19.1 Å². The van der Waals surface area contributed by atoms with Crippen LogP contribution in [0.1, 0.15) is 5.56 Å². The van der Waals surface area contributed by atoms with Crippen LogP contribution in [0.2, 0.25) is 0 Å². The summed E-state index contributed by atoms with van der Waals surface area (Å²) in [5.74, 6) is 3.66. The van der Waals surface area contributed by atoms with E-state index in [9.17, 15) is 4.39 Å².